The van der Waals surface area contributed by atoms with Gasteiger partial charge in [0.1, 0.15) is 0 Å². The number of nitrogens with zero attached hydrogens (tertiary/aromatic N) is 2. The molecule has 0 saturated heterocycles. The minimum absolute atomic E-state index is 0.122. The zero-order chi connectivity index (χ0) is 11.7. The fourth-order valence-corrected chi connectivity index (χ4v) is 3.58. The van der Waals surface area contributed by atoms with Crippen molar-refractivity contribution in [1.29, 1.82) is 0 Å². The molecule has 0 amide bonds. The summed E-state index contributed by atoms with van der Waals surface area (Å²) in [6.45, 7) is 4.19. The van der Waals surface area contributed by atoms with E-state index in [4.69, 9.17) is 0 Å². The Hall–Kier alpha value is -1.14. The predicted molar refractivity (Wildman–Crippen MR) is 67.3 cm³/mol. The Morgan fingerprint density at radius 2 is 2.25 bits per heavy atom. The highest BCUT2D eigenvalue weighted by molar-refractivity contribution is 8.01. The van der Waals surface area contributed by atoms with Crippen molar-refractivity contribution in [2.75, 3.05) is 0 Å². The van der Waals surface area contributed by atoms with Gasteiger partial charge in [0.25, 0.3) is 5.69 Å². The molecule has 4 nitrogen and oxygen atoms in total. The number of nitro groups is 1. The zero-order valence-corrected chi connectivity index (χ0v) is 10.5. The fraction of sp³-hybridized carbons (Fsp3) is 0.300. The number of fused-ring (bicyclic) bond motifs is 1. The molecular weight excluding hydrogens is 244 g/mol. The molecule has 0 aliphatic rings. The number of nitro benzene ring substituents is 1. The summed E-state index contributed by atoms with van der Waals surface area (Å²) in [4.78, 5) is 14.6. The summed E-state index contributed by atoms with van der Waals surface area (Å²) in [5.41, 5.74) is 0.955. The second-order valence-electron chi connectivity index (χ2n) is 3.56. The Labute approximate surface area is 101 Å². The van der Waals surface area contributed by atoms with E-state index in [1.165, 1.54) is 17.4 Å². The first-order valence-corrected chi connectivity index (χ1v) is 6.47. The molecule has 0 radical (unpaired) electrons. The van der Waals surface area contributed by atoms with Gasteiger partial charge in [-0.2, -0.15) is 0 Å². The maximum Gasteiger partial charge on any atom is 0.270 e. The molecule has 0 bridgehead atoms. The number of rotatable bonds is 3. The molecule has 0 unspecified atom stereocenters. The van der Waals surface area contributed by atoms with Crippen LogP contribution in [0.1, 0.15) is 13.8 Å². The molecule has 84 valence electrons. The van der Waals surface area contributed by atoms with Crippen LogP contribution < -0.4 is 0 Å². The predicted octanol–water partition coefficient (Wildman–Crippen LogP) is 3.71. The van der Waals surface area contributed by atoms with Crippen LogP contribution >= 0.6 is 23.1 Å². The minimum atomic E-state index is -0.381. The van der Waals surface area contributed by atoms with E-state index in [1.54, 1.807) is 23.9 Å². The summed E-state index contributed by atoms with van der Waals surface area (Å²) in [7, 11) is 0. The molecule has 0 fully saturated rings. The summed E-state index contributed by atoms with van der Waals surface area (Å²) in [5, 5.41) is 11.1. The Balaban J connectivity index is 2.42. The zero-order valence-electron chi connectivity index (χ0n) is 8.84. The van der Waals surface area contributed by atoms with Gasteiger partial charge in [0.15, 0.2) is 4.34 Å². The van der Waals surface area contributed by atoms with Gasteiger partial charge in [-0.3, -0.25) is 10.1 Å². The first-order chi connectivity index (χ1) is 7.56. The third kappa shape index (κ3) is 2.33. The van der Waals surface area contributed by atoms with Gasteiger partial charge in [0.05, 0.1) is 15.1 Å². The summed E-state index contributed by atoms with van der Waals surface area (Å²) < 4.78 is 1.84. The van der Waals surface area contributed by atoms with Gasteiger partial charge in [-0.05, 0) is 6.07 Å². The molecule has 0 aliphatic heterocycles. The number of thiazole rings is 1. The summed E-state index contributed by atoms with van der Waals surface area (Å²) >= 11 is 3.18. The molecule has 0 spiro atoms. The van der Waals surface area contributed by atoms with Crippen LogP contribution in [0.3, 0.4) is 0 Å². The molecule has 0 saturated carbocycles. The molecular formula is C10H10N2O2S2. The third-order valence-corrected chi connectivity index (χ3v) is 4.02. The van der Waals surface area contributed by atoms with Gasteiger partial charge >= 0.3 is 0 Å². The SMILES string of the molecule is CC(C)Sc1nc2ccc([N+](=O)[O-])cc2s1. The lowest BCUT2D eigenvalue weighted by Gasteiger charge is -1.97. The normalized spacial score (nSPS) is 11.2. The van der Waals surface area contributed by atoms with E-state index >= 15 is 0 Å². The van der Waals surface area contributed by atoms with Gasteiger partial charge in [-0.25, -0.2) is 4.98 Å². The van der Waals surface area contributed by atoms with Gasteiger partial charge in [0, 0.05) is 17.4 Å². The van der Waals surface area contributed by atoms with Gasteiger partial charge in [-0.1, -0.05) is 25.6 Å². The molecule has 16 heavy (non-hydrogen) atoms. The third-order valence-electron chi connectivity index (χ3n) is 1.90. The largest absolute Gasteiger partial charge is 0.270 e. The number of non-ortho nitro benzene ring substituents is 1. The molecule has 6 heteroatoms. The topological polar surface area (TPSA) is 56.0 Å². The van der Waals surface area contributed by atoms with Crippen LogP contribution in [-0.2, 0) is 0 Å². The summed E-state index contributed by atoms with van der Waals surface area (Å²) in [5.74, 6) is 0. The second-order valence-corrected chi connectivity index (χ2v) is 6.41. The summed E-state index contributed by atoms with van der Waals surface area (Å²) in [6, 6.07) is 4.78. The van der Waals surface area contributed by atoms with Crippen molar-refractivity contribution in [3.05, 3.63) is 28.3 Å². The van der Waals surface area contributed by atoms with Crippen LogP contribution in [0.15, 0.2) is 22.5 Å². The van der Waals surface area contributed by atoms with Crippen LogP contribution in [0.25, 0.3) is 10.2 Å². The van der Waals surface area contributed by atoms with E-state index in [1.807, 2.05) is 0 Å². The van der Waals surface area contributed by atoms with E-state index in [2.05, 4.69) is 18.8 Å². The highest BCUT2D eigenvalue weighted by Crippen LogP contribution is 2.33. The average Bonchev–Trinajstić information content (AvgIpc) is 2.56. The van der Waals surface area contributed by atoms with Crippen LogP contribution in [0, 0.1) is 10.1 Å². The van der Waals surface area contributed by atoms with Crippen LogP contribution in [0.2, 0.25) is 0 Å². The molecule has 1 aromatic carbocycles. The number of aromatic nitrogens is 1. The minimum Gasteiger partial charge on any atom is -0.258 e. The Morgan fingerprint density at radius 3 is 2.88 bits per heavy atom. The van der Waals surface area contributed by atoms with Crippen LogP contribution in [-0.4, -0.2) is 15.2 Å². The first-order valence-electron chi connectivity index (χ1n) is 4.78. The van der Waals surface area contributed by atoms with Crippen molar-refractivity contribution >= 4 is 39.0 Å². The summed E-state index contributed by atoms with van der Waals surface area (Å²) in [6.07, 6.45) is 0. The number of hydrogen-bond acceptors (Lipinski definition) is 5. The van der Waals surface area contributed by atoms with Crippen LogP contribution in [0.5, 0.6) is 0 Å². The molecule has 2 aromatic rings. The number of benzene rings is 1. The molecule has 1 aromatic heterocycles. The number of hydrogen-bond donors (Lipinski definition) is 0. The molecule has 0 N–H and O–H groups in total. The Kier molecular flexibility index (Phi) is 3.11. The van der Waals surface area contributed by atoms with E-state index in [-0.39, 0.29) is 10.6 Å². The van der Waals surface area contributed by atoms with Crippen LogP contribution in [0.4, 0.5) is 5.69 Å². The number of thioether (sulfide) groups is 1. The van der Waals surface area contributed by atoms with E-state index < -0.39 is 0 Å². The van der Waals surface area contributed by atoms with Crippen molar-refractivity contribution in [3.63, 3.8) is 0 Å². The molecule has 2 rings (SSSR count). The van der Waals surface area contributed by atoms with Crippen molar-refractivity contribution < 1.29 is 4.92 Å². The molecule has 0 aliphatic carbocycles. The molecule has 0 atom stereocenters. The van der Waals surface area contributed by atoms with E-state index in [9.17, 15) is 10.1 Å². The molecule has 1 heterocycles. The standard InChI is InChI=1S/C10H10N2O2S2/c1-6(2)15-10-11-8-4-3-7(12(13)14)5-9(8)16-10/h3-6H,1-2H3. The lowest BCUT2D eigenvalue weighted by molar-refractivity contribution is -0.384. The van der Waals surface area contributed by atoms with Gasteiger partial charge < -0.3 is 0 Å². The quantitative estimate of drug-likeness (QED) is 0.476. The monoisotopic (exact) mass is 254 g/mol. The van der Waals surface area contributed by atoms with Crippen molar-refractivity contribution in [3.8, 4) is 0 Å². The smallest absolute Gasteiger partial charge is 0.258 e. The average molecular weight is 254 g/mol. The van der Waals surface area contributed by atoms with E-state index in [0.717, 1.165) is 14.6 Å². The van der Waals surface area contributed by atoms with Crippen molar-refractivity contribution in [1.82, 2.24) is 4.98 Å². The Morgan fingerprint density at radius 1 is 1.50 bits per heavy atom. The highest BCUT2D eigenvalue weighted by atomic mass is 32.2. The Bertz CT molecular complexity index is 537. The van der Waals surface area contributed by atoms with Crippen molar-refractivity contribution in [2.45, 2.75) is 23.4 Å². The second kappa shape index (κ2) is 4.39. The first kappa shape index (κ1) is 11.3. The van der Waals surface area contributed by atoms with Gasteiger partial charge in [-0.15, -0.1) is 11.3 Å². The van der Waals surface area contributed by atoms with E-state index in [0.29, 0.717) is 5.25 Å². The lowest BCUT2D eigenvalue weighted by Crippen LogP contribution is -1.86. The highest BCUT2D eigenvalue weighted by Gasteiger charge is 2.11. The maximum atomic E-state index is 10.6. The van der Waals surface area contributed by atoms with Gasteiger partial charge in [0.2, 0.25) is 0 Å². The fourth-order valence-electron chi connectivity index (χ4n) is 1.26. The maximum absolute atomic E-state index is 10.6. The van der Waals surface area contributed by atoms with Crippen molar-refractivity contribution in [2.24, 2.45) is 0 Å². The lowest BCUT2D eigenvalue weighted by atomic mass is 10.3.